The lowest BCUT2D eigenvalue weighted by Crippen LogP contribution is -2.14. The van der Waals surface area contributed by atoms with Crippen molar-refractivity contribution in [2.24, 2.45) is 5.73 Å². The summed E-state index contributed by atoms with van der Waals surface area (Å²) < 4.78 is 19.3. The second-order valence-corrected chi connectivity index (χ2v) is 5.18. The molecule has 19 heavy (non-hydrogen) atoms. The van der Waals surface area contributed by atoms with Crippen molar-refractivity contribution < 1.29 is 9.13 Å². The van der Waals surface area contributed by atoms with Crippen LogP contribution in [0.1, 0.15) is 17.2 Å². The summed E-state index contributed by atoms with van der Waals surface area (Å²) in [7, 11) is 1.63. The number of hydrogen-bond acceptors (Lipinski definition) is 2. The fourth-order valence-electron chi connectivity index (χ4n) is 1.96. The van der Waals surface area contributed by atoms with E-state index in [0.29, 0.717) is 6.42 Å². The Morgan fingerprint density at radius 2 is 2.05 bits per heavy atom. The first-order valence-corrected chi connectivity index (χ1v) is 6.73. The Hall–Kier alpha value is -1.39. The van der Waals surface area contributed by atoms with Gasteiger partial charge < -0.3 is 10.5 Å². The molecule has 1 unspecified atom stereocenters. The Morgan fingerprint density at radius 3 is 2.79 bits per heavy atom. The summed E-state index contributed by atoms with van der Waals surface area (Å²) in [6.07, 6.45) is 0.624. The molecule has 0 heterocycles. The number of halogens is 2. The molecule has 2 aromatic carbocycles. The van der Waals surface area contributed by atoms with Gasteiger partial charge in [-0.3, -0.25) is 0 Å². The molecule has 2 N–H and O–H groups in total. The summed E-state index contributed by atoms with van der Waals surface area (Å²) >= 11 is 3.40. The zero-order valence-electron chi connectivity index (χ0n) is 10.6. The van der Waals surface area contributed by atoms with E-state index in [1.807, 2.05) is 24.3 Å². The summed E-state index contributed by atoms with van der Waals surface area (Å²) in [6, 6.07) is 12.0. The van der Waals surface area contributed by atoms with Gasteiger partial charge in [-0.05, 0) is 47.9 Å². The quantitative estimate of drug-likeness (QED) is 0.927. The summed E-state index contributed by atoms with van der Waals surface area (Å²) in [5.74, 6) is 0.516. The van der Waals surface area contributed by atoms with Crippen molar-refractivity contribution in [2.45, 2.75) is 12.5 Å². The normalized spacial score (nSPS) is 12.2. The number of ether oxygens (including phenoxy) is 1. The molecule has 0 aromatic heterocycles. The van der Waals surface area contributed by atoms with E-state index in [2.05, 4.69) is 15.9 Å². The molecule has 0 aliphatic rings. The topological polar surface area (TPSA) is 35.2 Å². The highest BCUT2D eigenvalue weighted by Crippen LogP contribution is 2.26. The number of methoxy groups -OCH3 is 1. The maximum atomic E-state index is 13.3. The van der Waals surface area contributed by atoms with Crippen LogP contribution in [0.2, 0.25) is 0 Å². The minimum Gasteiger partial charge on any atom is -0.497 e. The molecule has 0 aliphatic heterocycles. The highest BCUT2D eigenvalue weighted by atomic mass is 79.9. The van der Waals surface area contributed by atoms with Crippen molar-refractivity contribution >= 4 is 15.9 Å². The highest BCUT2D eigenvalue weighted by Gasteiger charge is 2.12. The average Bonchev–Trinajstić information content (AvgIpc) is 2.41. The van der Waals surface area contributed by atoms with Crippen LogP contribution < -0.4 is 10.5 Å². The molecule has 100 valence electrons. The number of benzene rings is 2. The fraction of sp³-hybridized carbons (Fsp3) is 0.200. The van der Waals surface area contributed by atoms with Gasteiger partial charge in [0.25, 0.3) is 0 Å². The summed E-state index contributed by atoms with van der Waals surface area (Å²) in [4.78, 5) is 0. The van der Waals surface area contributed by atoms with E-state index in [0.717, 1.165) is 21.3 Å². The third-order valence-electron chi connectivity index (χ3n) is 2.95. The van der Waals surface area contributed by atoms with Crippen LogP contribution in [0.4, 0.5) is 4.39 Å². The van der Waals surface area contributed by atoms with Crippen molar-refractivity contribution in [1.82, 2.24) is 0 Å². The molecule has 0 aliphatic carbocycles. The molecule has 1 atom stereocenters. The standard InChI is InChI=1S/C15H15BrFNO/c1-19-12-4-2-3-10(7-12)8-15(18)13-9-11(17)5-6-14(13)16/h2-7,9,15H,8,18H2,1H3. The first-order valence-electron chi connectivity index (χ1n) is 5.93. The third-order valence-corrected chi connectivity index (χ3v) is 3.67. The van der Waals surface area contributed by atoms with Gasteiger partial charge in [-0.1, -0.05) is 28.1 Å². The number of rotatable bonds is 4. The van der Waals surface area contributed by atoms with Gasteiger partial charge in [-0.2, -0.15) is 0 Å². The second-order valence-electron chi connectivity index (χ2n) is 4.33. The zero-order valence-corrected chi connectivity index (χ0v) is 12.2. The summed E-state index contributed by atoms with van der Waals surface area (Å²) in [5, 5.41) is 0. The molecule has 0 spiro atoms. The van der Waals surface area contributed by atoms with Crippen LogP contribution in [-0.2, 0) is 6.42 Å². The number of nitrogens with two attached hydrogens (primary N) is 1. The lowest BCUT2D eigenvalue weighted by molar-refractivity contribution is 0.414. The lowest BCUT2D eigenvalue weighted by atomic mass is 9.99. The van der Waals surface area contributed by atoms with Crippen LogP contribution in [0, 0.1) is 5.82 Å². The molecule has 0 bridgehead atoms. The molecule has 0 fully saturated rings. The van der Waals surface area contributed by atoms with Crippen LogP contribution in [0.15, 0.2) is 46.9 Å². The van der Waals surface area contributed by atoms with Gasteiger partial charge in [-0.15, -0.1) is 0 Å². The van der Waals surface area contributed by atoms with Gasteiger partial charge in [0.1, 0.15) is 11.6 Å². The molecule has 2 nitrogen and oxygen atoms in total. The Morgan fingerprint density at radius 1 is 1.26 bits per heavy atom. The second kappa shape index (κ2) is 6.17. The molecular weight excluding hydrogens is 309 g/mol. The molecule has 0 amide bonds. The van der Waals surface area contributed by atoms with Gasteiger partial charge >= 0.3 is 0 Å². The Bertz CT molecular complexity index is 574. The maximum absolute atomic E-state index is 13.3. The van der Waals surface area contributed by atoms with E-state index in [4.69, 9.17) is 10.5 Å². The van der Waals surface area contributed by atoms with E-state index in [-0.39, 0.29) is 11.9 Å². The van der Waals surface area contributed by atoms with Crippen molar-refractivity contribution in [3.63, 3.8) is 0 Å². The first kappa shape index (κ1) is 14.0. The SMILES string of the molecule is COc1cccc(CC(N)c2cc(F)ccc2Br)c1. The average molecular weight is 324 g/mol. The van der Waals surface area contributed by atoms with E-state index in [1.54, 1.807) is 13.2 Å². The molecule has 2 aromatic rings. The van der Waals surface area contributed by atoms with Crippen LogP contribution in [-0.4, -0.2) is 7.11 Å². The van der Waals surface area contributed by atoms with Gasteiger partial charge in [0.05, 0.1) is 7.11 Å². The predicted molar refractivity (Wildman–Crippen MR) is 77.7 cm³/mol. The van der Waals surface area contributed by atoms with E-state index >= 15 is 0 Å². The van der Waals surface area contributed by atoms with Crippen molar-refractivity contribution in [2.75, 3.05) is 7.11 Å². The molecule has 0 radical (unpaired) electrons. The zero-order chi connectivity index (χ0) is 13.8. The summed E-state index contributed by atoms with van der Waals surface area (Å²) in [6.45, 7) is 0. The van der Waals surface area contributed by atoms with E-state index in [1.165, 1.54) is 12.1 Å². The molecule has 2 rings (SSSR count). The fourth-order valence-corrected chi connectivity index (χ4v) is 2.50. The van der Waals surface area contributed by atoms with Crippen LogP contribution >= 0.6 is 15.9 Å². The van der Waals surface area contributed by atoms with Crippen LogP contribution in [0.3, 0.4) is 0 Å². The Labute approximate surface area is 120 Å². The van der Waals surface area contributed by atoms with Crippen molar-refractivity contribution in [3.8, 4) is 5.75 Å². The monoisotopic (exact) mass is 323 g/mol. The van der Waals surface area contributed by atoms with E-state index in [9.17, 15) is 4.39 Å². The molecular formula is C15H15BrFNO. The largest absolute Gasteiger partial charge is 0.497 e. The maximum Gasteiger partial charge on any atom is 0.123 e. The predicted octanol–water partition coefficient (Wildman–Crippen LogP) is 3.84. The molecule has 4 heteroatoms. The Balaban J connectivity index is 2.20. The highest BCUT2D eigenvalue weighted by molar-refractivity contribution is 9.10. The third kappa shape index (κ3) is 3.55. The van der Waals surface area contributed by atoms with Crippen LogP contribution in [0.25, 0.3) is 0 Å². The van der Waals surface area contributed by atoms with Crippen molar-refractivity contribution in [1.29, 1.82) is 0 Å². The molecule has 0 saturated carbocycles. The summed E-state index contributed by atoms with van der Waals surface area (Å²) in [5.41, 5.74) is 7.98. The van der Waals surface area contributed by atoms with Gasteiger partial charge in [-0.25, -0.2) is 4.39 Å². The Kier molecular flexibility index (Phi) is 4.56. The van der Waals surface area contributed by atoms with Crippen molar-refractivity contribution in [3.05, 3.63) is 63.9 Å². The van der Waals surface area contributed by atoms with Gasteiger partial charge in [0, 0.05) is 10.5 Å². The lowest BCUT2D eigenvalue weighted by Gasteiger charge is -2.14. The van der Waals surface area contributed by atoms with Crippen LogP contribution in [0.5, 0.6) is 5.75 Å². The van der Waals surface area contributed by atoms with E-state index < -0.39 is 0 Å². The minimum atomic E-state index is -0.278. The smallest absolute Gasteiger partial charge is 0.123 e. The van der Waals surface area contributed by atoms with Gasteiger partial charge in [0.15, 0.2) is 0 Å². The molecule has 0 saturated heterocycles. The van der Waals surface area contributed by atoms with Gasteiger partial charge in [0.2, 0.25) is 0 Å². The first-order chi connectivity index (χ1) is 9.10. The minimum absolute atomic E-state index is 0.266. The number of hydrogen-bond donors (Lipinski definition) is 1.